The summed E-state index contributed by atoms with van der Waals surface area (Å²) in [5.74, 6) is 0. The average molecular weight is 250 g/mol. The lowest BCUT2D eigenvalue weighted by molar-refractivity contribution is 0.187. The Hall–Kier alpha value is -1.19. The monoisotopic (exact) mass is 250 g/mol. The lowest BCUT2D eigenvalue weighted by atomic mass is 10.1. The molecule has 7 N–H and O–H groups in total. The van der Waals surface area contributed by atoms with Gasteiger partial charge in [0, 0.05) is 12.2 Å². The van der Waals surface area contributed by atoms with E-state index in [2.05, 4.69) is 0 Å². The van der Waals surface area contributed by atoms with Crippen molar-refractivity contribution in [1.82, 2.24) is 0 Å². The van der Waals surface area contributed by atoms with Crippen LogP contribution in [0.4, 0.5) is 5.69 Å². The van der Waals surface area contributed by atoms with E-state index in [0.717, 1.165) is 5.56 Å². The molecule has 0 saturated heterocycles. The van der Waals surface area contributed by atoms with Crippen LogP contribution in [-0.2, 0) is 10.4 Å². The van der Waals surface area contributed by atoms with Crippen LogP contribution in [0.3, 0.4) is 0 Å². The number of hydrogen-bond acceptors (Lipinski definition) is 5. The predicted octanol–water partition coefficient (Wildman–Crippen LogP) is -0.392. The molecule has 0 aliphatic heterocycles. The van der Waals surface area contributed by atoms with Crippen molar-refractivity contribution in [3.63, 3.8) is 0 Å². The number of aliphatic hydroxyl groups excluding tert-OH is 1. The van der Waals surface area contributed by atoms with E-state index >= 15 is 0 Å². The highest BCUT2D eigenvalue weighted by atomic mass is 32.3. The molecule has 0 heterocycles. The van der Waals surface area contributed by atoms with Gasteiger partial charge < -0.3 is 16.6 Å². The third kappa shape index (κ3) is 8.15. The zero-order chi connectivity index (χ0) is 12.8. The summed E-state index contributed by atoms with van der Waals surface area (Å²) < 4.78 is 31.6. The van der Waals surface area contributed by atoms with Crippen LogP contribution < -0.4 is 11.5 Å². The first-order valence-corrected chi connectivity index (χ1v) is 5.57. The molecule has 1 atom stereocenters. The molecule has 1 unspecified atom stereocenters. The van der Waals surface area contributed by atoms with E-state index in [-0.39, 0.29) is 6.54 Å². The van der Waals surface area contributed by atoms with Crippen LogP contribution in [0.2, 0.25) is 0 Å². The topological polar surface area (TPSA) is 147 Å². The molecule has 0 spiro atoms. The van der Waals surface area contributed by atoms with Crippen molar-refractivity contribution in [2.24, 2.45) is 5.73 Å². The summed E-state index contributed by atoms with van der Waals surface area (Å²) in [5.41, 5.74) is 12.2. The summed E-state index contributed by atoms with van der Waals surface area (Å²) in [6.07, 6.45) is -0.599. The number of nitrogen functional groups attached to an aromatic ring is 1. The molecular formula is C8H14N2O5S. The molecule has 0 radical (unpaired) electrons. The molecule has 1 aromatic carbocycles. The van der Waals surface area contributed by atoms with Crippen molar-refractivity contribution in [2.75, 3.05) is 12.3 Å². The first kappa shape index (κ1) is 14.8. The Morgan fingerprint density at radius 2 is 1.81 bits per heavy atom. The molecule has 0 aliphatic rings. The van der Waals surface area contributed by atoms with E-state index in [4.69, 9.17) is 29.0 Å². The molecular weight excluding hydrogens is 236 g/mol. The van der Waals surface area contributed by atoms with Crippen LogP contribution in [0.5, 0.6) is 0 Å². The Morgan fingerprint density at radius 1 is 1.31 bits per heavy atom. The number of aliphatic hydroxyl groups is 1. The van der Waals surface area contributed by atoms with Gasteiger partial charge in [-0.25, -0.2) is 0 Å². The van der Waals surface area contributed by atoms with E-state index < -0.39 is 16.5 Å². The fourth-order valence-electron chi connectivity index (χ4n) is 0.902. The fraction of sp³-hybridized carbons (Fsp3) is 0.250. The minimum absolute atomic E-state index is 0.226. The van der Waals surface area contributed by atoms with Crippen molar-refractivity contribution in [3.8, 4) is 0 Å². The lowest BCUT2D eigenvalue weighted by Gasteiger charge is -2.07. The second kappa shape index (κ2) is 6.40. The van der Waals surface area contributed by atoms with Crippen LogP contribution in [0.1, 0.15) is 11.7 Å². The van der Waals surface area contributed by atoms with E-state index in [1.54, 1.807) is 24.3 Å². The Balaban J connectivity index is 0.000000385. The van der Waals surface area contributed by atoms with Gasteiger partial charge in [0.2, 0.25) is 0 Å². The molecule has 7 nitrogen and oxygen atoms in total. The van der Waals surface area contributed by atoms with Crippen molar-refractivity contribution in [2.45, 2.75) is 6.10 Å². The van der Waals surface area contributed by atoms with Crippen LogP contribution in [0, 0.1) is 0 Å². The smallest absolute Gasteiger partial charge is 0.394 e. The molecule has 92 valence electrons. The molecule has 8 heteroatoms. The van der Waals surface area contributed by atoms with Gasteiger partial charge in [-0.2, -0.15) is 8.42 Å². The van der Waals surface area contributed by atoms with Crippen LogP contribution in [0.15, 0.2) is 24.3 Å². The van der Waals surface area contributed by atoms with Crippen LogP contribution in [-0.4, -0.2) is 29.2 Å². The maximum atomic E-state index is 9.27. The molecule has 1 aromatic rings. The highest BCUT2D eigenvalue weighted by Gasteiger charge is 2.03. The summed E-state index contributed by atoms with van der Waals surface area (Å²) >= 11 is 0. The molecule has 0 saturated carbocycles. The zero-order valence-electron chi connectivity index (χ0n) is 8.31. The second-order valence-electron chi connectivity index (χ2n) is 2.87. The van der Waals surface area contributed by atoms with E-state index in [9.17, 15) is 5.11 Å². The minimum atomic E-state index is -4.67. The summed E-state index contributed by atoms with van der Waals surface area (Å²) in [7, 11) is -4.67. The summed E-state index contributed by atoms with van der Waals surface area (Å²) in [6, 6.07) is 7.09. The van der Waals surface area contributed by atoms with Gasteiger partial charge in [0.15, 0.2) is 0 Å². The third-order valence-electron chi connectivity index (χ3n) is 1.52. The zero-order valence-corrected chi connectivity index (χ0v) is 9.13. The van der Waals surface area contributed by atoms with Crippen LogP contribution in [0.25, 0.3) is 0 Å². The Morgan fingerprint density at radius 3 is 2.19 bits per heavy atom. The largest absolute Gasteiger partial charge is 0.399 e. The van der Waals surface area contributed by atoms with Gasteiger partial charge in [0.05, 0.1) is 6.10 Å². The number of anilines is 1. The van der Waals surface area contributed by atoms with Gasteiger partial charge >= 0.3 is 10.4 Å². The van der Waals surface area contributed by atoms with Gasteiger partial charge in [-0.15, -0.1) is 0 Å². The maximum absolute atomic E-state index is 9.27. The van der Waals surface area contributed by atoms with Crippen molar-refractivity contribution < 1.29 is 22.6 Å². The molecule has 1 rings (SSSR count). The summed E-state index contributed by atoms with van der Waals surface area (Å²) in [6.45, 7) is 0.226. The van der Waals surface area contributed by atoms with E-state index in [0.29, 0.717) is 5.69 Å². The Labute approximate surface area is 93.3 Å². The molecule has 16 heavy (non-hydrogen) atoms. The number of benzene rings is 1. The van der Waals surface area contributed by atoms with Gasteiger partial charge in [-0.3, -0.25) is 9.11 Å². The molecule has 0 fully saturated rings. The van der Waals surface area contributed by atoms with Crippen molar-refractivity contribution in [1.29, 1.82) is 0 Å². The molecule has 0 aliphatic carbocycles. The number of hydrogen-bond donors (Lipinski definition) is 5. The highest BCUT2D eigenvalue weighted by Crippen LogP contribution is 2.13. The molecule has 0 bridgehead atoms. The highest BCUT2D eigenvalue weighted by molar-refractivity contribution is 7.79. The van der Waals surface area contributed by atoms with Crippen molar-refractivity contribution in [3.05, 3.63) is 29.8 Å². The first-order valence-electron chi connectivity index (χ1n) is 4.17. The molecule has 0 amide bonds. The van der Waals surface area contributed by atoms with E-state index in [1.165, 1.54) is 0 Å². The van der Waals surface area contributed by atoms with Gasteiger partial charge in [0.25, 0.3) is 0 Å². The van der Waals surface area contributed by atoms with Crippen molar-refractivity contribution >= 4 is 16.1 Å². The third-order valence-corrected chi connectivity index (χ3v) is 1.52. The maximum Gasteiger partial charge on any atom is 0.394 e. The lowest BCUT2D eigenvalue weighted by Crippen LogP contribution is -2.11. The minimum Gasteiger partial charge on any atom is -0.399 e. The normalized spacial score (nSPS) is 12.5. The SMILES string of the molecule is NCC(O)c1cccc(N)c1.O=S(=O)(O)O. The first-order chi connectivity index (χ1) is 7.24. The van der Waals surface area contributed by atoms with Gasteiger partial charge in [-0.05, 0) is 17.7 Å². The quantitative estimate of drug-likeness (QED) is 0.354. The van der Waals surface area contributed by atoms with E-state index in [1.807, 2.05) is 0 Å². The van der Waals surface area contributed by atoms with Gasteiger partial charge in [-0.1, -0.05) is 12.1 Å². The predicted molar refractivity (Wildman–Crippen MR) is 59.0 cm³/mol. The average Bonchev–Trinajstić information content (AvgIpc) is 2.14. The Bertz CT molecular complexity index is 412. The van der Waals surface area contributed by atoms with Crippen LogP contribution >= 0.6 is 0 Å². The number of nitrogens with two attached hydrogens (primary N) is 2. The fourth-order valence-corrected chi connectivity index (χ4v) is 0.902. The standard InChI is InChI=1S/C8H12N2O.H2O4S/c9-5-8(11)6-2-1-3-7(10)4-6;1-5(2,3)4/h1-4,8,11H,5,9-10H2;(H2,1,2,3,4). The summed E-state index contributed by atoms with van der Waals surface area (Å²) in [5, 5.41) is 9.27. The molecule has 0 aromatic heterocycles. The second-order valence-corrected chi connectivity index (χ2v) is 3.77. The Kier molecular flexibility index (Phi) is 5.93. The van der Waals surface area contributed by atoms with Gasteiger partial charge in [0.1, 0.15) is 0 Å². The number of rotatable bonds is 2. The summed E-state index contributed by atoms with van der Waals surface area (Å²) in [4.78, 5) is 0.